The topological polar surface area (TPSA) is 61.4 Å². The van der Waals surface area contributed by atoms with E-state index in [1.54, 1.807) is 0 Å². The number of aryl methyl sites for hydroxylation is 1. The highest BCUT2D eigenvalue weighted by Crippen LogP contribution is 2.10. The van der Waals surface area contributed by atoms with Crippen molar-refractivity contribution in [1.82, 2.24) is 10.2 Å². The Balaban J connectivity index is 1.50. The lowest BCUT2D eigenvalue weighted by Gasteiger charge is -2.19. The summed E-state index contributed by atoms with van der Waals surface area (Å²) in [6.07, 6.45) is 6.29. The molecule has 2 N–H and O–H groups in total. The molecular weight excluding hydrogens is 346 g/mol. The van der Waals surface area contributed by atoms with Crippen molar-refractivity contribution in [3.8, 4) is 0 Å². The Kier molecular flexibility index (Phi) is 9.56. The van der Waals surface area contributed by atoms with Gasteiger partial charge in [-0.2, -0.15) is 0 Å². The molecule has 0 bridgehead atoms. The standard InChI is InChI=1S/C20H31N3O2S/c1-17-7-9-18(10-8-17)22-20(25)16-26-15-19(24)21-11-6-14-23-12-4-2-3-5-13-23/h7-10H,2-6,11-16H2,1H3,(H,21,24)(H,22,25). The zero-order valence-corrected chi connectivity index (χ0v) is 16.6. The number of anilines is 1. The second-order valence-corrected chi connectivity index (χ2v) is 7.85. The van der Waals surface area contributed by atoms with Crippen molar-refractivity contribution in [3.05, 3.63) is 29.8 Å². The molecule has 6 heteroatoms. The smallest absolute Gasteiger partial charge is 0.234 e. The average molecular weight is 378 g/mol. The SMILES string of the molecule is Cc1ccc(NC(=O)CSCC(=O)NCCCN2CCCCCC2)cc1. The van der Waals surface area contributed by atoms with Gasteiger partial charge in [0.1, 0.15) is 0 Å². The molecule has 144 valence electrons. The average Bonchev–Trinajstić information content (AvgIpc) is 2.89. The first kappa shape index (κ1) is 20.8. The fourth-order valence-electron chi connectivity index (χ4n) is 3.01. The molecule has 0 saturated carbocycles. The molecule has 1 aliphatic heterocycles. The maximum Gasteiger partial charge on any atom is 0.234 e. The van der Waals surface area contributed by atoms with E-state index in [1.807, 2.05) is 31.2 Å². The first-order valence-electron chi connectivity index (χ1n) is 9.57. The Morgan fingerprint density at radius 2 is 1.65 bits per heavy atom. The second kappa shape index (κ2) is 12.0. The molecule has 0 unspecified atom stereocenters. The number of thioether (sulfide) groups is 1. The number of hydrogen-bond donors (Lipinski definition) is 2. The molecular formula is C20H31N3O2S. The van der Waals surface area contributed by atoms with E-state index in [0.29, 0.717) is 12.3 Å². The molecule has 0 aliphatic carbocycles. The molecule has 1 fully saturated rings. The van der Waals surface area contributed by atoms with Crippen LogP contribution >= 0.6 is 11.8 Å². The van der Waals surface area contributed by atoms with Gasteiger partial charge in [-0.1, -0.05) is 30.5 Å². The molecule has 0 radical (unpaired) electrons. The highest BCUT2D eigenvalue weighted by atomic mass is 32.2. The first-order chi connectivity index (χ1) is 12.6. The Hall–Kier alpha value is -1.53. The lowest BCUT2D eigenvalue weighted by atomic mass is 10.2. The number of benzene rings is 1. The van der Waals surface area contributed by atoms with E-state index in [1.165, 1.54) is 50.5 Å². The third-order valence-corrected chi connectivity index (χ3v) is 5.41. The van der Waals surface area contributed by atoms with Crippen molar-refractivity contribution in [3.63, 3.8) is 0 Å². The molecule has 2 amide bonds. The number of carbonyl (C=O) groups excluding carboxylic acids is 2. The van der Waals surface area contributed by atoms with Crippen molar-refractivity contribution in [2.75, 3.05) is 43.0 Å². The van der Waals surface area contributed by atoms with Crippen LogP contribution in [0.4, 0.5) is 5.69 Å². The predicted molar refractivity (Wildman–Crippen MR) is 110 cm³/mol. The van der Waals surface area contributed by atoms with Gasteiger partial charge in [0.25, 0.3) is 0 Å². The fourth-order valence-corrected chi connectivity index (χ4v) is 3.66. The molecule has 1 saturated heterocycles. The predicted octanol–water partition coefficient (Wildman–Crippen LogP) is 3.05. The van der Waals surface area contributed by atoms with Gasteiger partial charge >= 0.3 is 0 Å². The monoisotopic (exact) mass is 377 g/mol. The third-order valence-electron chi connectivity index (χ3n) is 4.47. The summed E-state index contributed by atoms with van der Waals surface area (Å²) in [5.74, 6) is 0.543. The van der Waals surface area contributed by atoms with Gasteiger partial charge < -0.3 is 15.5 Å². The normalized spacial score (nSPS) is 15.3. The van der Waals surface area contributed by atoms with Gasteiger partial charge in [-0.15, -0.1) is 11.8 Å². The van der Waals surface area contributed by atoms with Crippen molar-refractivity contribution in [2.24, 2.45) is 0 Å². The highest BCUT2D eigenvalue weighted by Gasteiger charge is 2.09. The highest BCUT2D eigenvalue weighted by molar-refractivity contribution is 8.00. The maximum atomic E-state index is 11.9. The summed E-state index contributed by atoms with van der Waals surface area (Å²) in [5, 5.41) is 5.79. The summed E-state index contributed by atoms with van der Waals surface area (Å²) >= 11 is 1.35. The molecule has 0 spiro atoms. The van der Waals surface area contributed by atoms with Crippen molar-refractivity contribution < 1.29 is 9.59 Å². The molecule has 2 rings (SSSR count). The minimum absolute atomic E-state index is 0.00834. The zero-order chi connectivity index (χ0) is 18.6. The summed E-state index contributed by atoms with van der Waals surface area (Å²) in [5.41, 5.74) is 1.95. The Labute approximate surface area is 161 Å². The largest absolute Gasteiger partial charge is 0.355 e. The first-order valence-corrected chi connectivity index (χ1v) is 10.7. The quantitative estimate of drug-likeness (QED) is 0.650. The molecule has 0 aromatic heterocycles. The minimum atomic E-state index is -0.0761. The van der Waals surface area contributed by atoms with Gasteiger partial charge in [-0.05, 0) is 58.0 Å². The van der Waals surface area contributed by atoms with Crippen LogP contribution in [-0.4, -0.2) is 54.4 Å². The van der Waals surface area contributed by atoms with E-state index in [9.17, 15) is 9.59 Å². The van der Waals surface area contributed by atoms with Crippen LogP contribution in [-0.2, 0) is 9.59 Å². The van der Waals surface area contributed by atoms with E-state index >= 15 is 0 Å². The number of nitrogens with one attached hydrogen (secondary N) is 2. The van der Waals surface area contributed by atoms with Gasteiger partial charge in [-0.3, -0.25) is 9.59 Å². The zero-order valence-electron chi connectivity index (χ0n) is 15.8. The molecule has 1 aromatic carbocycles. The van der Waals surface area contributed by atoms with Crippen LogP contribution in [0.1, 0.15) is 37.7 Å². The van der Waals surface area contributed by atoms with E-state index in [0.717, 1.165) is 24.2 Å². The van der Waals surface area contributed by atoms with Crippen molar-refractivity contribution in [2.45, 2.75) is 39.0 Å². The van der Waals surface area contributed by atoms with Crippen LogP contribution in [0.15, 0.2) is 24.3 Å². The van der Waals surface area contributed by atoms with Gasteiger partial charge in [0, 0.05) is 12.2 Å². The summed E-state index contributed by atoms with van der Waals surface area (Å²) < 4.78 is 0. The number of carbonyl (C=O) groups is 2. The summed E-state index contributed by atoms with van der Waals surface area (Å²) in [6, 6.07) is 7.69. The van der Waals surface area contributed by atoms with Crippen molar-refractivity contribution in [1.29, 1.82) is 0 Å². The third kappa shape index (κ3) is 8.72. The van der Waals surface area contributed by atoms with Crippen LogP contribution in [0.5, 0.6) is 0 Å². The fraction of sp³-hybridized carbons (Fsp3) is 0.600. The molecule has 1 aromatic rings. The number of hydrogen-bond acceptors (Lipinski definition) is 4. The molecule has 1 aliphatic rings. The van der Waals surface area contributed by atoms with Gasteiger partial charge in [0.05, 0.1) is 11.5 Å². The minimum Gasteiger partial charge on any atom is -0.355 e. The lowest BCUT2D eigenvalue weighted by molar-refractivity contribution is -0.118. The molecule has 0 atom stereocenters. The Morgan fingerprint density at radius 3 is 2.35 bits per heavy atom. The van der Waals surface area contributed by atoms with Gasteiger partial charge in [0.15, 0.2) is 0 Å². The Morgan fingerprint density at radius 1 is 1.00 bits per heavy atom. The van der Waals surface area contributed by atoms with E-state index in [2.05, 4.69) is 15.5 Å². The summed E-state index contributed by atoms with van der Waals surface area (Å²) in [6.45, 7) is 6.17. The van der Waals surface area contributed by atoms with E-state index < -0.39 is 0 Å². The van der Waals surface area contributed by atoms with Crippen LogP contribution in [0.3, 0.4) is 0 Å². The van der Waals surface area contributed by atoms with Crippen LogP contribution in [0.25, 0.3) is 0 Å². The molecule has 1 heterocycles. The van der Waals surface area contributed by atoms with E-state index in [-0.39, 0.29) is 17.6 Å². The number of rotatable bonds is 9. The number of nitrogens with zero attached hydrogens (tertiary/aromatic N) is 1. The lowest BCUT2D eigenvalue weighted by Crippen LogP contribution is -2.31. The van der Waals surface area contributed by atoms with Gasteiger partial charge in [-0.25, -0.2) is 0 Å². The number of likely N-dealkylation sites (tertiary alicyclic amines) is 1. The van der Waals surface area contributed by atoms with Crippen LogP contribution in [0, 0.1) is 6.92 Å². The second-order valence-electron chi connectivity index (χ2n) is 6.87. The van der Waals surface area contributed by atoms with Gasteiger partial charge in [0.2, 0.25) is 11.8 Å². The molecule has 26 heavy (non-hydrogen) atoms. The number of amides is 2. The Bertz CT molecular complexity index is 555. The van der Waals surface area contributed by atoms with Crippen LogP contribution < -0.4 is 10.6 Å². The molecule has 5 nitrogen and oxygen atoms in total. The van der Waals surface area contributed by atoms with E-state index in [4.69, 9.17) is 0 Å². The van der Waals surface area contributed by atoms with Crippen LogP contribution in [0.2, 0.25) is 0 Å². The summed E-state index contributed by atoms with van der Waals surface area (Å²) in [4.78, 5) is 26.2. The summed E-state index contributed by atoms with van der Waals surface area (Å²) in [7, 11) is 0. The maximum absolute atomic E-state index is 11.9. The van der Waals surface area contributed by atoms with Crippen molar-refractivity contribution >= 4 is 29.3 Å².